The lowest BCUT2D eigenvalue weighted by molar-refractivity contribution is -0.137. The van der Waals surface area contributed by atoms with Crippen LogP contribution in [0.4, 0.5) is 0 Å². The zero-order valence-corrected chi connectivity index (χ0v) is 11.2. The van der Waals surface area contributed by atoms with Gasteiger partial charge in [-0.25, -0.2) is 8.42 Å². The van der Waals surface area contributed by atoms with Gasteiger partial charge < -0.3 is 10.2 Å². The van der Waals surface area contributed by atoms with Crippen LogP contribution in [-0.2, 0) is 21.4 Å². The molecule has 0 atom stereocenters. The minimum atomic E-state index is -3.65. The van der Waals surface area contributed by atoms with Crippen molar-refractivity contribution < 1.29 is 23.4 Å². The van der Waals surface area contributed by atoms with Crippen molar-refractivity contribution in [2.45, 2.75) is 30.4 Å². The summed E-state index contributed by atoms with van der Waals surface area (Å²) in [6.07, 6.45) is 2.36. The third-order valence-electron chi connectivity index (χ3n) is 2.84. The summed E-state index contributed by atoms with van der Waals surface area (Å²) in [7, 11) is -3.65. The Morgan fingerprint density at radius 2 is 2.16 bits per heavy atom. The molecule has 1 aromatic heterocycles. The summed E-state index contributed by atoms with van der Waals surface area (Å²) in [6.45, 7) is 1.78. The van der Waals surface area contributed by atoms with E-state index in [-0.39, 0.29) is 31.0 Å². The molecular formula is C10H15N3O5S. The van der Waals surface area contributed by atoms with Crippen LogP contribution in [0.15, 0.2) is 17.3 Å². The number of aliphatic carboxylic acids is 1. The number of aryl methyl sites for hydroxylation is 1. The maximum atomic E-state index is 12.1. The van der Waals surface area contributed by atoms with Gasteiger partial charge in [0.2, 0.25) is 10.0 Å². The molecule has 0 saturated carbocycles. The first kappa shape index (κ1) is 14.0. The molecule has 0 bridgehead atoms. The van der Waals surface area contributed by atoms with E-state index in [1.54, 1.807) is 6.92 Å². The van der Waals surface area contributed by atoms with Crippen LogP contribution in [0, 0.1) is 0 Å². The molecule has 0 aromatic carbocycles. The van der Waals surface area contributed by atoms with E-state index in [1.807, 2.05) is 0 Å². The molecular weight excluding hydrogens is 274 g/mol. The van der Waals surface area contributed by atoms with Crippen LogP contribution in [-0.4, -0.2) is 57.4 Å². The van der Waals surface area contributed by atoms with E-state index >= 15 is 0 Å². The van der Waals surface area contributed by atoms with Crippen molar-refractivity contribution in [1.29, 1.82) is 0 Å². The van der Waals surface area contributed by atoms with Crippen molar-refractivity contribution in [3.05, 3.63) is 12.4 Å². The average Bonchev–Trinajstić information content (AvgIpc) is 2.72. The molecule has 0 amide bonds. The first-order valence-corrected chi connectivity index (χ1v) is 7.11. The van der Waals surface area contributed by atoms with Gasteiger partial charge in [0.15, 0.2) is 0 Å². The minimum absolute atomic E-state index is 0.00777. The molecule has 1 saturated heterocycles. The summed E-state index contributed by atoms with van der Waals surface area (Å²) in [5.74, 6) is -0.973. The molecule has 2 N–H and O–H groups in total. The van der Waals surface area contributed by atoms with Crippen LogP contribution >= 0.6 is 0 Å². The summed E-state index contributed by atoms with van der Waals surface area (Å²) in [4.78, 5) is 10.4. The number of aliphatic hydroxyl groups is 1. The normalized spacial score (nSPS) is 19.1. The van der Waals surface area contributed by atoms with Crippen LogP contribution in [0.2, 0.25) is 0 Å². The fourth-order valence-electron chi connectivity index (χ4n) is 1.84. The van der Waals surface area contributed by atoms with E-state index in [0.717, 1.165) is 4.31 Å². The van der Waals surface area contributed by atoms with Gasteiger partial charge in [-0.15, -0.1) is 0 Å². The molecule has 106 valence electrons. The number of sulfonamides is 1. The number of aromatic nitrogens is 2. The highest BCUT2D eigenvalue weighted by molar-refractivity contribution is 7.89. The molecule has 2 heterocycles. The lowest BCUT2D eigenvalue weighted by atomic mass is 10.0. The lowest BCUT2D eigenvalue weighted by Crippen LogP contribution is -2.61. The Balaban J connectivity index is 2.08. The Kier molecular flexibility index (Phi) is 3.37. The topological polar surface area (TPSA) is 113 Å². The number of rotatable bonds is 5. The summed E-state index contributed by atoms with van der Waals surface area (Å²) in [5, 5.41) is 21.9. The number of carboxylic acid groups (broad SMARTS) is 1. The predicted octanol–water partition coefficient (Wildman–Crippen LogP) is -0.887. The number of hydrogen-bond donors (Lipinski definition) is 2. The number of β-amino-alcohol motifs (C(OH)–C–C–N with tert-alkyl or cyclic N) is 1. The van der Waals surface area contributed by atoms with Crippen LogP contribution < -0.4 is 0 Å². The van der Waals surface area contributed by atoms with Gasteiger partial charge in [0.25, 0.3) is 0 Å². The van der Waals surface area contributed by atoms with E-state index < -0.39 is 21.6 Å². The van der Waals surface area contributed by atoms with Crippen molar-refractivity contribution in [2.75, 3.05) is 13.1 Å². The molecule has 0 spiro atoms. The maximum Gasteiger partial charge on any atom is 0.305 e. The van der Waals surface area contributed by atoms with E-state index in [2.05, 4.69) is 5.10 Å². The Hall–Kier alpha value is -1.45. The zero-order chi connectivity index (χ0) is 14.3. The Morgan fingerprint density at radius 1 is 1.53 bits per heavy atom. The molecule has 0 unspecified atom stereocenters. The van der Waals surface area contributed by atoms with Gasteiger partial charge in [-0.3, -0.25) is 9.48 Å². The SMILES string of the molecule is CC1(O)CN(S(=O)(=O)c2cnn(CCC(=O)O)c2)C1. The van der Waals surface area contributed by atoms with Crippen LogP contribution in [0.25, 0.3) is 0 Å². The van der Waals surface area contributed by atoms with Gasteiger partial charge in [0.05, 0.1) is 24.8 Å². The standard InChI is InChI=1S/C10H15N3O5S/c1-10(16)6-13(7-10)19(17,18)8-4-11-12(5-8)3-2-9(14)15/h4-5,16H,2-3,6-7H2,1H3,(H,14,15). The second-order valence-electron chi connectivity index (χ2n) is 4.85. The summed E-state index contributed by atoms with van der Waals surface area (Å²) in [6, 6.07) is 0. The van der Waals surface area contributed by atoms with E-state index in [1.165, 1.54) is 17.1 Å². The van der Waals surface area contributed by atoms with Crippen LogP contribution in [0.1, 0.15) is 13.3 Å². The highest BCUT2D eigenvalue weighted by Gasteiger charge is 2.44. The fourth-order valence-corrected chi connectivity index (χ4v) is 3.47. The molecule has 1 fully saturated rings. The molecule has 1 aliphatic rings. The second kappa shape index (κ2) is 4.58. The van der Waals surface area contributed by atoms with Gasteiger partial charge in [-0.1, -0.05) is 0 Å². The highest BCUT2D eigenvalue weighted by atomic mass is 32.2. The molecule has 2 rings (SSSR count). The molecule has 1 aliphatic heterocycles. The highest BCUT2D eigenvalue weighted by Crippen LogP contribution is 2.27. The van der Waals surface area contributed by atoms with Gasteiger partial charge >= 0.3 is 5.97 Å². The third kappa shape index (κ3) is 2.94. The Bertz CT molecular complexity index is 584. The fraction of sp³-hybridized carbons (Fsp3) is 0.600. The van der Waals surface area contributed by atoms with E-state index in [0.29, 0.717) is 0 Å². The van der Waals surface area contributed by atoms with Crippen molar-refractivity contribution in [1.82, 2.24) is 14.1 Å². The van der Waals surface area contributed by atoms with E-state index in [4.69, 9.17) is 5.11 Å². The minimum Gasteiger partial charge on any atom is -0.481 e. The summed E-state index contributed by atoms with van der Waals surface area (Å²) < 4.78 is 26.6. The third-order valence-corrected chi connectivity index (χ3v) is 4.58. The van der Waals surface area contributed by atoms with Gasteiger partial charge in [0, 0.05) is 19.3 Å². The quantitative estimate of drug-likeness (QED) is 0.727. The number of carboxylic acids is 1. The predicted molar refractivity (Wildman–Crippen MR) is 63.9 cm³/mol. The van der Waals surface area contributed by atoms with Gasteiger partial charge in [-0.05, 0) is 6.92 Å². The number of hydrogen-bond acceptors (Lipinski definition) is 5. The van der Waals surface area contributed by atoms with Gasteiger partial charge in [0.1, 0.15) is 4.90 Å². The van der Waals surface area contributed by atoms with Crippen LogP contribution in [0.5, 0.6) is 0 Å². The lowest BCUT2D eigenvalue weighted by Gasteiger charge is -2.42. The molecule has 0 aliphatic carbocycles. The largest absolute Gasteiger partial charge is 0.481 e. The first-order chi connectivity index (χ1) is 8.71. The number of carbonyl (C=O) groups is 1. The van der Waals surface area contributed by atoms with Crippen molar-refractivity contribution >= 4 is 16.0 Å². The smallest absolute Gasteiger partial charge is 0.305 e. The van der Waals surface area contributed by atoms with Crippen molar-refractivity contribution in [3.63, 3.8) is 0 Å². The number of nitrogens with zero attached hydrogens (tertiary/aromatic N) is 3. The Labute approximate surface area is 110 Å². The average molecular weight is 289 g/mol. The summed E-state index contributed by atoms with van der Waals surface area (Å²) >= 11 is 0. The van der Waals surface area contributed by atoms with Crippen molar-refractivity contribution in [3.8, 4) is 0 Å². The molecule has 19 heavy (non-hydrogen) atoms. The first-order valence-electron chi connectivity index (χ1n) is 5.67. The monoisotopic (exact) mass is 289 g/mol. The molecule has 9 heteroatoms. The van der Waals surface area contributed by atoms with Gasteiger partial charge in [-0.2, -0.15) is 9.40 Å². The van der Waals surface area contributed by atoms with E-state index in [9.17, 15) is 18.3 Å². The summed E-state index contributed by atoms with van der Waals surface area (Å²) in [5.41, 5.74) is -0.980. The molecule has 0 radical (unpaired) electrons. The second-order valence-corrected chi connectivity index (χ2v) is 6.79. The van der Waals surface area contributed by atoms with Crippen molar-refractivity contribution in [2.24, 2.45) is 0 Å². The zero-order valence-electron chi connectivity index (χ0n) is 10.4. The Morgan fingerprint density at radius 3 is 2.68 bits per heavy atom. The molecule has 1 aromatic rings. The van der Waals surface area contributed by atoms with Crippen LogP contribution in [0.3, 0.4) is 0 Å². The maximum absolute atomic E-state index is 12.1. The molecule has 8 nitrogen and oxygen atoms in total.